The van der Waals surface area contributed by atoms with Crippen molar-refractivity contribution in [3.8, 4) is 5.69 Å². The summed E-state index contributed by atoms with van der Waals surface area (Å²) in [5.41, 5.74) is 2.72. The maximum absolute atomic E-state index is 13.2. The molecule has 0 atom stereocenters. The van der Waals surface area contributed by atoms with Gasteiger partial charge in [0.2, 0.25) is 0 Å². The van der Waals surface area contributed by atoms with Crippen LogP contribution in [-0.4, -0.2) is 26.6 Å². The van der Waals surface area contributed by atoms with Crippen LogP contribution in [0.2, 0.25) is 0 Å². The van der Waals surface area contributed by atoms with E-state index in [1.54, 1.807) is 6.92 Å². The molecule has 3 aromatic rings. The summed E-state index contributed by atoms with van der Waals surface area (Å²) in [6.45, 7) is 3.77. The number of nitrogens with one attached hydrogen (secondary N) is 2. The summed E-state index contributed by atoms with van der Waals surface area (Å²) >= 11 is 0. The lowest BCUT2D eigenvalue weighted by atomic mass is 10.1. The normalized spacial score (nSPS) is 15.2. The number of rotatable bonds is 4. The number of aromatic amines is 1. The topological polar surface area (TPSA) is 87.2 Å². The average Bonchev–Trinajstić information content (AvgIpc) is 3.15. The molecule has 8 heteroatoms. The minimum atomic E-state index is -0.543. The number of benzene rings is 2. The summed E-state index contributed by atoms with van der Waals surface area (Å²) in [7, 11) is 0. The molecule has 2 aromatic carbocycles. The van der Waals surface area contributed by atoms with Crippen molar-refractivity contribution in [2.75, 3.05) is 0 Å². The molecule has 1 aliphatic heterocycles. The van der Waals surface area contributed by atoms with Gasteiger partial charge in [0.1, 0.15) is 11.5 Å². The van der Waals surface area contributed by atoms with E-state index in [0.717, 1.165) is 16.0 Å². The largest absolute Gasteiger partial charge is 0.329 e. The third-order valence-corrected chi connectivity index (χ3v) is 4.91. The van der Waals surface area contributed by atoms with Gasteiger partial charge in [0.25, 0.3) is 11.5 Å². The van der Waals surface area contributed by atoms with Crippen molar-refractivity contribution >= 4 is 18.0 Å². The van der Waals surface area contributed by atoms with Crippen molar-refractivity contribution in [3.05, 3.63) is 92.8 Å². The molecular weight excluding hydrogens is 387 g/mol. The molecule has 1 aliphatic rings. The lowest BCUT2D eigenvalue weighted by Crippen LogP contribution is -2.30. The molecule has 0 radical (unpaired) electrons. The van der Waals surface area contributed by atoms with E-state index in [-0.39, 0.29) is 17.8 Å². The Balaban J connectivity index is 1.63. The van der Waals surface area contributed by atoms with Gasteiger partial charge in [0, 0.05) is 5.69 Å². The average molecular weight is 406 g/mol. The van der Waals surface area contributed by atoms with Crippen molar-refractivity contribution in [1.29, 1.82) is 0 Å². The number of aryl methyl sites for hydroxylation is 2. The van der Waals surface area contributed by atoms with Crippen LogP contribution in [0.15, 0.2) is 59.0 Å². The van der Waals surface area contributed by atoms with Crippen molar-refractivity contribution in [3.63, 3.8) is 0 Å². The predicted octanol–water partition coefficient (Wildman–Crippen LogP) is 3.01. The Morgan fingerprint density at radius 3 is 2.30 bits per heavy atom. The quantitative estimate of drug-likeness (QED) is 0.516. The minimum Gasteiger partial charge on any atom is -0.303 e. The van der Waals surface area contributed by atoms with Crippen LogP contribution in [0.5, 0.6) is 0 Å². The smallest absolute Gasteiger partial charge is 0.303 e. The second-order valence-corrected chi connectivity index (χ2v) is 7.13. The van der Waals surface area contributed by atoms with Gasteiger partial charge in [-0.25, -0.2) is 13.9 Å². The zero-order valence-electron chi connectivity index (χ0n) is 16.4. The molecule has 0 spiro atoms. The number of halogens is 1. The molecule has 4 rings (SSSR count). The highest BCUT2D eigenvalue weighted by molar-refractivity contribution is 6.13. The van der Waals surface area contributed by atoms with Crippen LogP contribution in [0, 0.1) is 19.7 Å². The Morgan fingerprint density at radius 1 is 0.967 bits per heavy atom. The number of carbonyl (C=O) groups excluding carboxylic acids is 2. The van der Waals surface area contributed by atoms with Gasteiger partial charge in [-0.2, -0.15) is 0 Å². The highest BCUT2D eigenvalue weighted by Gasteiger charge is 2.34. The summed E-state index contributed by atoms with van der Waals surface area (Å²) in [6.07, 6.45) is 1.36. The Hall–Kier alpha value is -3.94. The van der Waals surface area contributed by atoms with Crippen molar-refractivity contribution in [1.82, 2.24) is 20.0 Å². The lowest BCUT2D eigenvalue weighted by Gasteiger charge is -2.11. The summed E-state index contributed by atoms with van der Waals surface area (Å²) < 4.78 is 14.4. The van der Waals surface area contributed by atoms with Crippen LogP contribution in [0.25, 0.3) is 11.8 Å². The lowest BCUT2D eigenvalue weighted by molar-refractivity contribution is -0.123. The van der Waals surface area contributed by atoms with Gasteiger partial charge in [-0.1, -0.05) is 29.8 Å². The fraction of sp³-hybridized carbons (Fsp3) is 0.136. The first kappa shape index (κ1) is 19.4. The summed E-state index contributed by atoms with van der Waals surface area (Å²) in [6, 6.07) is 12.4. The molecule has 2 N–H and O–H groups in total. The summed E-state index contributed by atoms with van der Waals surface area (Å²) in [5.74, 6) is -0.917. The second kappa shape index (κ2) is 7.47. The molecule has 1 saturated heterocycles. The number of aromatic nitrogens is 2. The van der Waals surface area contributed by atoms with Crippen LogP contribution in [0.1, 0.15) is 22.4 Å². The number of hydrogen-bond donors (Lipinski definition) is 2. The standard InChI is InChI=1S/C22H19FN4O3/c1-13-3-5-15(6-4-13)12-26-21(29)19(24-22(26)30)11-18-14(2)25-27(20(18)28)17-9-7-16(23)8-10-17/h3-11,25H,12H2,1-2H3,(H,24,30)/b19-11-. The Bertz CT molecular complexity index is 1220. The van der Waals surface area contributed by atoms with E-state index in [0.29, 0.717) is 11.4 Å². The Morgan fingerprint density at radius 2 is 1.63 bits per heavy atom. The van der Waals surface area contributed by atoms with E-state index in [1.807, 2.05) is 31.2 Å². The molecule has 0 bridgehead atoms. The van der Waals surface area contributed by atoms with Gasteiger partial charge in [-0.3, -0.25) is 19.6 Å². The zero-order chi connectivity index (χ0) is 21.4. The molecule has 3 amide bonds. The fourth-order valence-corrected chi connectivity index (χ4v) is 3.24. The molecule has 152 valence electrons. The van der Waals surface area contributed by atoms with Crippen molar-refractivity contribution in [2.24, 2.45) is 0 Å². The number of nitrogens with zero attached hydrogens (tertiary/aromatic N) is 2. The number of H-pyrrole nitrogens is 1. The number of urea groups is 1. The van der Waals surface area contributed by atoms with E-state index in [4.69, 9.17) is 0 Å². The van der Waals surface area contributed by atoms with Crippen molar-refractivity contribution < 1.29 is 14.0 Å². The molecule has 1 fully saturated rings. The van der Waals surface area contributed by atoms with Gasteiger partial charge in [0.05, 0.1) is 17.8 Å². The van der Waals surface area contributed by atoms with Crippen LogP contribution < -0.4 is 10.9 Å². The maximum atomic E-state index is 13.2. The monoisotopic (exact) mass is 406 g/mol. The van der Waals surface area contributed by atoms with Crippen LogP contribution in [0.3, 0.4) is 0 Å². The first-order valence-corrected chi connectivity index (χ1v) is 9.31. The third kappa shape index (κ3) is 3.55. The zero-order valence-corrected chi connectivity index (χ0v) is 16.4. The molecule has 7 nitrogen and oxygen atoms in total. The highest BCUT2D eigenvalue weighted by atomic mass is 19.1. The fourth-order valence-electron chi connectivity index (χ4n) is 3.24. The molecular formula is C22H19FN4O3. The van der Waals surface area contributed by atoms with Gasteiger partial charge in [0.15, 0.2) is 0 Å². The molecule has 30 heavy (non-hydrogen) atoms. The van der Waals surface area contributed by atoms with Gasteiger partial charge in [-0.05, 0) is 49.8 Å². The Kier molecular flexibility index (Phi) is 4.83. The number of carbonyl (C=O) groups is 2. The van der Waals surface area contributed by atoms with E-state index in [1.165, 1.54) is 35.0 Å². The Labute approximate surface area is 171 Å². The molecule has 1 aromatic heterocycles. The first-order valence-electron chi connectivity index (χ1n) is 9.31. The van der Waals surface area contributed by atoms with E-state index < -0.39 is 23.3 Å². The summed E-state index contributed by atoms with van der Waals surface area (Å²) in [4.78, 5) is 39.0. The van der Waals surface area contributed by atoms with E-state index in [2.05, 4.69) is 10.4 Å². The molecule has 0 saturated carbocycles. The second-order valence-electron chi connectivity index (χ2n) is 7.13. The SMILES string of the molecule is Cc1ccc(CN2C(=O)N/C(=C\c3c(C)[nH]n(-c4ccc(F)cc4)c3=O)C2=O)cc1. The number of amides is 3. The molecule has 0 aliphatic carbocycles. The minimum absolute atomic E-state index is 0.0255. The summed E-state index contributed by atoms with van der Waals surface area (Å²) in [5, 5.41) is 5.44. The van der Waals surface area contributed by atoms with Crippen LogP contribution in [-0.2, 0) is 11.3 Å². The van der Waals surface area contributed by atoms with Crippen molar-refractivity contribution in [2.45, 2.75) is 20.4 Å². The van der Waals surface area contributed by atoms with Gasteiger partial charge < -0.3 is 5.32 Å². The first-order chi connectivity index (χ1) is 14.3. The third-order valence-electron chi connectivity index (χ3n) is 4.91. The number of imide groups is 1. The van der Waals surface area contributed by atoms with Gasteiger partial charge in [-0.15, -0.1) is 0 Å². The number of hydrogen-bond acceptors (Lipinski definition) is 3. The predicted molar refractivity (Wildman–Crippen MR) is 109 cm³/mol. The van der Waals surface area contributed by atoms with E-state index in [9.17, 15) is 18.8 Å². The van der Waals surface area contributed by atoms with Gasteiger partial charge >= 0.3 is 6.03 Å². The van der Waals surface area contributed by atoms with E-state index >= 15 is 0 Å². The molecule has 0 unspecified atom stereocenters. The maximum Gasteiger partial charge on any atom is 0.329 e. The highest BCUT2D eigenvalue weighted by Crippen LogP contribution is 2.18. The molecule has 2 heterocycles. The van der Waals surface area contributed by atoms with Crippen LogP contribution >= 0.6 is 0 Å². The van der Waals surface area contributed by atoms with Crippen LogP contribution in [0.4, 0.5) is 9.18 Å².